The first kappa shape index (κ1) is 19.8. The van der Waals surface area contributed by atoms with E-state index in [0.717, 1.165) is 18.9 Å². The van der Waals surface area contributed by atoms with Crippen LogP contribution in [0.4, 0.5) is 18.9 Å². The lowest BCUT2D eigenvalue weighted by Crippen LogP contribution is -2.30. The van der Waals surface area contributed by atoms with Crippen LogP contribution in [-0.2, 0) is 14.9 Å². The van der Waals surface area contributed by atoms with E-state index in [4.69, 9.17) is 16.4 Å². The number of hydrogen-bond donors (Lipinski definition) is 1. The molecule has 140 valence electrons. The Morgan fingerprint density at radius 1 is 1.44 bits per heavy atom. The lowest BCUT2D eigenvalue weighted by molar-refractivity contribution is -0.0429. The Kier molecular flexibility index (Phi) is 5.88. The van der Waals surface area contributed by atoms with Gasteiger partial charge >= 0.3 is 15.5 Å². The number of hydrogen-bond acceptors (Lipinski definition) is 4. The van der Waals surface area contributed by atoms with Gasteiger partial charge in [0.2, 0.25) is 0 Å². The van der Waals surface area contributed by atoms with Crippen LogP contribution in [0.3, 0.4) is 0 Å². The van der Waals surface area contributed by atoms with Crippen LogP contribution < -0.4 is 4.72 Å². The first-order valence-electron chi connectivity index (χ1n) is 7.67. The molecule has 2 rings (SSSR count). The second-order valence-corrected chi connectivity index (χ2v) is 7.89. The van der Waals surface area contributed by atoms with Crippen molar-refractivity contribution in [2.24, 2.45) is 11.1 Å². The van der Waals surface area contributed by atoms with E-state index in [1.165, 1.54) is 12.1 Å². The summed E-state index contributed by atoms with van der Waals surface area (Å²) in [6, 6.07) is 3.81. The zero-order chi connectivity index (χ0) is 18.8. The topological polar surface area (TPSA) is 67.8 Å². The van der Waals surface area contributed by atoms with Gasteiger partial charge in [-0.25, -0.2) is 0 Å². The molecule has 0 spiro atoms. The van der Waals surface area contributed by atoms with Crippen molar-refractivity contribution in [3.63, 3.8) is 0 Å². The number of halogens is 4. The largest absolute Gasteiger partial charge is 0.516 e. The standard InChI is InChI=1S/C15H18ClF3N2O3S/c1-3-13(20-24-9(2)10-4-5-10)12-8-11(16)6-7-14(12)21-25(22,23)15(17,18)19/h6-10,21H,3-5H2,1-2H3/b20-13+. The Bertz CT molecular complexity index is 762. The lowest BCUT2D eigenvalue weighted by atomic mass is 10.1. The van der Waals surface area contributed by atoms with Gasteiger partial charge in [0, 0.05) is 10.6 Å². The number of nitrogens with one attached hydrogen (secondary N) is 1. The number of alkyl halides is 3. The van der Waals surface area contributed by atoms with Crippen molar-refractivity contribution in [3.8, 4) is 0 Å². The highest BCUT2D eigenvalue weighted by molar-refractivity contribution is 7.93. The SMILES string of the molecule is CC/C(=N\OC(C)C1CC1)c1cc(Cl)ccc1NS(=O)(=O)C(F)(F)F. The highest BCUT2D eigenvalue weighted by Gasteiger charge is 2.46. The van der Waals surface area contributed by atoms with Crippen molar-refractivity contribution in [2.45, 2.75) is 44.7 Å². The summed E-state index contributed by atoms with van der Waals surface area (Å²) < 4.78 is 62.2. The van der Waals surface area contributed by atoms with E-state index >= 15 is 0 Å². The van der Waals surface area contributed by atoms with Crippen LogP contribution in [0.5, 0.6) is 0 Å². The molecule has 1 unspecified atom stereocenters. The molecule has 1 aromatic rings. The van der Waals surface area contributed by atoms with Gasteiger partial charge in [0.1, 0.15) is 6.10 Å². The summed E-state index contributed by atoms with van der Waals surface area (Å²) in [6.45, 7) is 3.59. The molecule has 1 aliphatic carbocycles. The maximum atomic E-state index is 12.6. The van der Waals surface area contributed by atoms with Gasteiger partial charge in [-0.05, 0) is 50.3 Å². The molecule has 0 bridgehead atoms. The predicted octanol–water partition coefficient (Wildman–Crippen LogP) is 4.53. The highest BCUT2D eigenvalue weighted by atomic mass is 35.5. The molecule has 0 radical (unpaired) electrons. The molecular weight excluding hydrogens is 381 g/mol. The molecule has 0 aliphatic heterocycles. The second-order valence-electron chi connectivity index (χ2n) is 5.78. The van der Waals surface area contributed by atoms with E-state index in [1.54, 1.807) is 11.6 Å². The molecule has 10 heteroatoms. The molecule has 0 aromatic heterocycles. The van der Waals surface area contributed by atoms with Crippen LogP contribution >= 0.6 is 11.6 Å². The minimum atomic E-state index is -5.55. The van der Waals surface area contributed by atoms with Crippen LogP contribution in [0.1, 0.15) is 38.7 Å². The molecular formula is C15H18ClF3N2O3S. The van der Waals surface area contributed by atoms with Gasteiger partial charge in [0.25, 0.3) is 0 Å². The van der Waals surface area contributed by atoms with E-state index in [9.17, 15) is 21.6 Å². The molecule has 1 aromatic carbocycles. The maximum Gasteiger partial charge on any atom is 0.516 e. The Hall–Kier alpha value is -1.48. The first-order valence-corrected chi connectivity index (χ1v) is 9.53. The Labute approximate surface area is 149 Å². The van der Waals surface area contributed by atoms with Crippen molar-refractivity contribution in [1.82, 2.24) is 0 Å². The number of nitrogens with zero attached hydrogens (tertiary/aromatic N) is 1. The molecule has 1 N–H and O–H groups in total. The number of sulfonamides is 1. The van der Waals surface area contributed by atoms with Crippen LogP contribution in [0.25, 0.3) is 0 Å². The zero-order valence-corrected chi connectivity index (χ0v) is 15.2. The number of oxime groups is 1. The molecule has 0 saturated heterocycles. The zero-order valence-electron chi connectivity index (χ0n) is 13.6. The lowest BCUT2D eigenvalue weighted by Gasteiger charge is -2.16. The Morgan fingerprint density at radius 2 is 2.08 bits per heavy atom. The molecule has 0 heterocycles. The summed E-state index contributed by atoms with van der Waals surface area (Å²) in [5, 5.41) is 4.25. The van der Waals surface area contributed by atoms with Gasteiger partial charge in [-0.15, -0.1) is 0 Å². The smallest absolute Gasteiger partial charge is 0.392 e. The third kappa shape index (κ3) is 5.01. The molecule has 25 heavy (non-hydrogen) atoms. The van der Waals surface area contributed by atoms with Crippen molar-refractivity contribution in [1.29, 1.82) is 0 Å². The highest BCUT2D eigenvalue weighted by Crippen LogP contribution is 2.34. The minimum Gasteiger partial charge on any atom is -0.392 e. The molecule has 1 atom stereocenters. The van der Waals surface area contributed by atoms with Crippen molar-refractivity contribution < 1.29 is 26.4 Å². The quantitative estimate of drug-likeness (QED) is 0.542. The van der Waals surface area contributed by atoms with Crippen LogP contribution in [-0.4, -0.2) is 25.7 Å². The fourth-order valence-corrected chi connectivity index (χ4v) is 2.90. The fourth-order valence-electron chi connectivity index (χ4n) is 2.15. The fraction of sp³-hybridized carbons (Fsp3) is 0.533. The van der Waals surface area contributed by atoms with Gasteiger partial charge < -0.3 is 4.84 Å². The molecule has 1 aliphatic rings. The number of anilines is 1. The van der Waals surface area contributed by atoms with E-state index in [2.05, 4.69) is 5.16 Å². The van der Waals surface area contributed by atoms with Gasteiger partial charge in [-0.3, -0.25) is 4.72 Å². The molecule has 5 nitrogen and oxygen atoms in total. The molecule has 0 amide bonds. The maximum absolute atomic E-state index is 12.6. The monoisotopic (exact) mass is 398 g/mol. The Balaban J connectivity index is 2.34. The van der Waals surface area contributed by atoms with Crippen LogP contribution in [0.2, 0.25) is 5.02 Å². The van der Waals surface area contributed by atoms with Gasteiger partial charge in [0.15, 0.2) is 0 Å². The summed E-state index contributed by atoms with van der Waals surface area (Å²) in [6.07, 6.45) is 2.30. The normalized spacial score (nSPS) is 17.3. The first-order chi connectivity index (χ1) is 11.5. The van der Waals surface area contributed by atoms with Gasteiger partial charge in [-0.2, -0.15) is 21.6 Å². The van der Waals surface area contributed by atoms with Crippen LogP contribution in [0, 0.1) is 5.92 Å². The average molecular weight is 399 g/mol. The van der Waals surface area contributed by atoms with Gasteiger partial charge in [-0.1, -0.05) is 23.7 Å². The van der Waals surface area contributed by atoms with E-state index in [-0.39, 0.29) is 22.4 Å². The summed E-state index contributed by atoms with van der Waals surface area (Å²) in [5.74, 6) is 0.421. The summed E-state index contributed by atoms with van der Waals surface area (Å²) >= 11 is 5.91. The summed E-state index contributed by atoms with van der Waals surface area (Å²) in [7, 11) is -5.55. The van der Waals surface area contributed by atoms with E-state index in [1.807, 2.05) is 6.92 Å². The minimum absolute atomic E-state index is 0.115. The predicted molar refractivity (Wildman–Crippen MR) is 90.1 cm³/mol. The van der Waals surface area contributed by atoms with Crippen LogP contribution in [0.15, 0.2) is 23.4 Å². The van der Waals surface area contributed by atoms with Crippen molar-refractivity contribution in [3.05, 3.63) is 28.8 Å². The number of benzene rings is 1. The summed E-state index contributed by atoms with van der Waals surface area (Å²) in [5.41, 5.74) is -5.24. The number of rotatable bonds is 7. The summed E-state index contributed by atoms with van der Waals surface area (Å²) in [4.78, 5) is 5.41. The van der Waals surface area contributed by atoms with Crippen molar-refractivity contribution in [2.75, 3.05) is 4.72 Å². The third-order valence-corrected chi connectivity index (χ3v) is 5.12. The average Bonchev–Trinajstić information content (AvgIpc) is 3.33. The van der Waals surface area contributed by atoms with E-state index in [0.29, 0.717) is 18.1 Å². The molecule has 1 saturated carbocycles. The second kappa shape index (κ2) is 7.41. The van der Waals surface area contributed by atoms with E-state index < -0.39 is 15.5 Å². The Morgan fingerprint density at radius 3 is 2.60 bits per heavy atom. The molecule has 1 fully saturated rings. The third-order valence-electron chi connectivity index (χ3n) is 3.79. The van der Waals surface area contributed by atoms with Gasteiger partial charge in [0.05, 0.1) is 11.4 Å². The van der Waals surface area contributed by atoms with Crippen molar-refractivity contribution >= 4 is 33.0 Å².